The predicted octanol–water partition coefficient (Wildman–Crippen LogP) is 6.04. The van der Waals surface area contributed by atoms with Crippen molar-refractivity contribution in [3.8, 4) is 17.2 Å². The summed E-state index contributed by atoms with van der Waals surface area (Å²) in [7, 11) is 0. The smallest absolute Gasteiger partial charge is 0.227 e. The molecule has 6 rings (SSSR count). The van der Waals surface area contributed by atoms with E-state index in [4.69, 9.17) is 31.5 Å². The third-order valence-corrected chi connectivity index (χ3v) is 10.5. The summed E-state index contributed by atoms with van der Waals surface area (Å²) in [5.74, 6) is 2.33. The van der Waals surface area contributed by atoms with Crippen LogP contribution in [0.4, 0.5) is 11.6 Å². The summed E-state index contributed by atoms with van der Waals surface area (Å²) in [6.07, 6.45) is 6.29. The number of aromatic nitrogens is 3. The Morgan fingerprint density at radius 2 is 1.93 bits per heavy atom. The molecule has 0 amide bonds. The van der Waals surface area contributed by atoms with E-state index in [-0.39, 0.29) is 6.04 Å². The highest BCUT2D eigenvalue weighted by Gasteiger charge is 2.53. The SMILES string of the molecule is CC(C)(C)[S+]([O-])N[C@@H]1c2ccccc2OC12CCN(c1cnc(Sc3cccc(-c4ncco4)c3Cl)c(N)n1)CC2. The van der Waals surface area contributed by atoms with Crippen LogP contribution >= 0.6 is 23.4 Å². The molecular weight excluding hydrogens is 580 g/mol. The predicted molar refractivity (Wildman–Crippen MR) is 163 cm³/mol. The van der Waals surface area contributed by atoms with Gasteiger partial charge in [0.1, 0.15) is 39.2 Å². The van der Waals surface area contributed by atoms with Gasteiger partial charge in [-0.3, -0.25) is 0 Å². The highest BCUT2D eigenvalue weighted by atomic mass is 35.5. The van der Waals surface area contributed by atoms with E-state index in [2.05, 4.69) is 25.7 Å². The summed E-state index contributed by atoms with van der Waals surface area (Å²) < 4.78 is 28.1. The van der Waals surface area contributed by atoms with Gasteiger partial charge in [0.2, 0.25) is 5.89 Å². The Morgan fingerprint density at radius 3 is 2.63 bits per heavy atom. The Hall–Kier alpha value is -2.96. The molecule has 0 aliphatic carbocycles. The standard InChI is InChI=1S/C29H31ClN6O3S2/c1-28(2,3)41(37)35-24-18-7-4-5-9-20(18)39-29(24)11-14-36(15-12-29)22-17-33-27(25(31)34-22)40-21-10-6-8-19(23(21)30)26-32-13-16-38-26/h4-10,13,16-17,24,35H,11-12,14-15H2,1-3H3,(H2,31,34)/t24-,41?/m1/s1. The maximum atomic E-state index is 13.1. The first-order chi connectivity index (χ1) is 19.6. The van der Waals surface area contributed by atoms with Crippen LogP contribution in [0.15, 0.2) is 75.5 Å². The molecule has 4 heterocycles. The Morgan fingerprint density at radius 1 is 1.15 bits per heavy atom. The Kier molecular flexibility index (Phi) is 7.58. The average molecular weight is 611 g/mol. The molecular formula is C29H31ClN6O3S2. The summed E-state index contributed by atoms with van der Waals surface area (Å²) in [6.45, 7) is 7.30. The molecule has 9 nitrogen and oxygen atoms in total. The van der Waals surface area contributed by atoms with Crippen LogP contribution in [0, 0.1) is 0 Å². The van der Waals surface area contributed by atoms with Crippen molar-refractivity contribution in [3.63, 3.8) is 0 Å². The van der Waals surface area contributed by atoms with E-state index >= 15 is 0 Å². The van der Waals surface area contributed by atoms with Crippen LogP contribution in [-0.2, 0) is 11.4 Å². The summed E-state index contributed by atoms with van der Waals surface area (Å²) in [4.78, 5) is 16.5. The van der Waals surface area contributed by atoms with Crippen LogP contribution in [0.25, 0.3) is 11.5 Å². The molecule has 2 aliphatic heterocycles. The number of anilines is 2. The molecule has 2 aromatic carbocycles. The lowest BCUT2D eigenvalue weighted by molar-refractivity contribution is 0.0379. The van der Waals surface area contributed by atoms with Crippen molar-refractivity contribution >= 4 is 46.4 Å². The van der Waals surface area contributed by atoms with Gasteiger partial charge in [0.25, 0.3) is 0 Å². The van der Waals surface area contributed by atoms with Crippen molar-refractivity contribution in [1.82, 2.24) is 19.7 Å². The van der Waals surface area contributed by atoms with E-state index in [1.807, 2.05) is 57.2 Å². The topological polar surface area (TPSA) is 125 Å². The van der Waals surface area contributed by atoms with Gasteiger partial charge in [-0.2, -0.15) is 0 Å². The Labute approximate surface area is 251 Å². The zero-order chi connectivity index (χ0) is 28.8. The second-order valence-electron chi connectivity index (χ2n) is 11.1. The molecule has 3 N–H and O–H groups in total. The van der Waals surface area contributed by atoms with Gasteiger partial charge in [0.15, 0.2) is 5.82 Å². The third-order valence-electron chi connectivity index (χ3n) is 7.37. The fourth-order valence-electron chi connectivity index (χ4n) is 5.16. The summed E-state index contributed by atoms with van der Waals surface area (Å²) in [5.41, 5.74) is 7.63. The van der Waals surface area contributed by atoms with E-state index in [0.29, 0.717) is 46.2 Å². The van der Waals surface area contributed by atoms with Crippen LogP contribution in [0.2, 0.25) is 5.02 Å². The van der Waals surface area contributed by atoms with Crippen LogP contribution < -0.4 is 20.1 Å². The minimum Gasteiger partial charge on any atom is -0.598 e. The second-order valence-corrected chi connectivity index (χ2v) is 14.5. The van der Waals surface area contributed by atoms with E-state index in [0.717, 1.165) is 29.1 Å². The van der Waals surface area contributed by atoms with Crippen molar-refractivity contribution in [2.24, 2.45) is 0 Å². The number of oxazole rings is 1. The van der Waals surface area contributed by atoms with Crippen LogP contribution in [0.5, 0.6) is 5.75 Å². The van der Waals surface area contributed by atoms with Crippen LogP contribution in [0.1, 0.15) is 45.2 Å². The van der Waals surface area contributed by atoms with Gasteiger partial charge in [0, 0.05) is 47.8 Å². The number of ether oxygens (including phenoxy) is 1. The van der Waals surface area contributed by atoms with Crippen molar-refractivity contribution in [1.29, 1.82) is 0 Å². The zero-order valence-corrected chi connectivity index (χ0v) is 25.4. The highest BCUT2D eigenvalue weighted by Crippen LogP contribution is 2.49. The molecule has 0 bridgehead atoms. The number of nitrogens with zero attached hydrogens (tertiary/aromatic N) is 4. The van der Waals surface area contributed by atoms with E-state index < -0.39 is 21.7 Å². The molecule has 1 unspecified atom stereocenters. The summed E-state index contributed by atoms with van der Waals surface area (Å²) >= 11 is 6.77. The largest absolute Gasteiger partial charge is 0.598 e. The van der Waals surface area contributed by atoms with E-state index in [9.17, 15) is 4.55 Å². The number of para-hydroxylation sites is 1. The lowest BCUT2D eigenvalue weighted by Gasteiger charge is -2.42. The number of nitrogens with two attached hydrogens (primary N) is 1. The Balaban J connectivity index is 1.17. The number of nitrogens with one attached hydrogen (secondary N) is 1. The second kappa shape index (κ2) is 11.0. The van der Waals surface area contributed by atoms with Gasteiger partial charge in [-0.05, 0) is 39.0 Å². The first kappa shape index (κ1) is 28.2. The van der Waals surface area contributed by atoms with Crippen molar-refractivity contribution in [2.75, 3.05) is 23.7 Å². The summed E-state index contributed by atoms with van der Waals surface area (Å²) in [6, 6.07) is 13.5. The molecule has 2 atom stereocenters. The van der Waals surface area contributed by atoms with E-state index in [1.54, 1.807) is 12.4 Å². The normalized spacial score (nSPS) is 18.8. The fraction of sp³-hybridized carbons (Fsp3) is 0.345. The fourth-order valence-corrected chi connectivity index (χ4v) is 7.20. The molecule has 4 aromatic rings. The van der Waals surface area contributed by atoms with E-state index in [1.165, 1.54) is 18.0 Å². The van der Waals surface area contributed by atoms with Gasteiger partial charge < -0.3 is 24.3 Å². The zero-order valence-electron chi connectivity index (χ0n) is 23.0. The molecule has 0 saturated carbocycles. The molecule has 1 fully saturated rings. The first-order valence-electron chi connectivity index (χ1n) is 13.3. The molecule has 1 spiro atoms. The molecule has 12 heteroatoms. The lowest BCUT2D eigenvalue weighted by atomic mass is 9.83. The number of hydrogen-bond donors (Lipinski definition) is 2. The number of fused-ring (bicyclic) bond motifs is 1. The van der Waals surface area contributed by atoms with Gasteiger partial charge in [-0.15, -0.1) is 4.72 Å². The summed E-state index contributed by atoms with van der Waals surface area (Å²) in [5, 5.41) is 1.08. The quantitative estimate of drug-likeness (QED) is 0.249. The number of nitrogen functional groups attached to an aromatic ring is 1. The maximum absolute atomic E-state index is 13.1. The molecule has 2 aromatic heterocycles. The molecule has 214 valence electrons. The molecule has 2 aliphatic rings. The minimum atomic E-state index is -1.24. The van der Waals surface area contributed by atoms with Crippen LogP contribution in [0.3, 0.4) is 0 Å². The Bertz CT molecular complexity index is 1540. The van der Waals surface area contributed by atoms with Crippen molar-refractivity contribution in [2.45, 2.75) is 59.9 Å². The maximum Gasteiger partial charge on any atom is 0.227 e. The first-order valence-corrected chi connectivity index (χ1v) is 15.7. The van der Waals surface area contributed by atoms with Gasteiger partial charge in [-0.25, -0.2) is 15.0 Å². The number of halogens is 1. The third kappa shape index (κ3) is 5.49. The minimum absolute atomic E-state index is 0.173. The number of hydrogen-bond acceptors (Lipinski definition) is 10. The van der Waals surface area contributed by atoms with Gasteiger partial charge >= 0.3 is 0 Å². The number of benzene rings is 2. The average Bonchev–Trinajstić information content (AvgIpc) is 3.58. The van der Waals surface area contributed by atoms with Crippen molar-refractivity contribution < 1.29 is 13.7 Å². The highest BCUT2D eigenvalue weighted by molar-refractivity contribution is 7.99. The van der Waals surface area contributed by atoms with Gasteiger partial charge in [0.05, 0.1) is 23.0 Å². The number of piperidine rings is 1. The van der Waals surface area contributed by atoms with Crippen LogP contribution in [-0.4, -0.2) is 42.9 Å². The molecule has 0 radical (unpaired) electrons. The lowest BCUT2D eigenvalue weighted by Crippen LogP contribution is -2.55. The molecule has 41 heavy (non-hydrogen) atoms. The number of rotatable bonds is 6. The monoisotopic (exact) mass is 610 g/mol. The molecule has 1 saturated heterocycles. The van der Waals surface area contributed by atoms with Crippen molar-refractivity contribution in [3.05, 3.63) is 71.7 Å². The van der Waals surface area contributed by atoms with Gasteiger partial charge in [-0.1, -0.05) is 47.6 Å².